The minimum absolute atomic E-state index is 0.0564. The number of benzene rings is 2. The van der Waals surface area contributed by atoms with Crippen LogP contribution in [0, 0.1) is 0 Å². The van der Waals surface area contributed by atoms with Crippen LogP contribution in [0.3, 0.4) is 0 Å². The van der Waals surface area contributed by atoms with Gasteiger partial charge in [0.2, 0.25) is 0 Å². The van der Waals surface area contributed by atoms with E-state index in [0.29, 0.717) is 28.2 Å². The number of rotatable bonds is 7. The van der Waals surface area contributed by atoms with Crippen LogP contribution in [0.4, 0.5) is 15.3 Å². The summed E-state index contributed by atoms with van der Waals surface area (Å²) in [6.45, 7) is 3.22. The largest absolute Gasteiger partial charge is 0.411 e. The van der Waals surface area contributed by atoms with Gasteiger partial charge in [0.1, 0.15) is 5.69 Å². The van der Waals surface area contributed by atoms with E-state index in [4.69, 9.17) is 20.7 Å². The fourth-order valence-electron chi connectivity index (χ4n) is 3.32. The molecule has 2 heterocycles. The Morgan fingerprint density at radius 1 is 0.973 bits per heavy atom. The number of hydrogen-bond donors (Lipinski definition) is 3. The Bertz CT molecular complexity index is 1560. The number of aromatic nitrogens is 3. The molecule has 4 rings (SSSR count). The number of sulfone groups is 1. The van der Waals surface area contributed by atoms with Gasteiger partial charge >= 0.3 is 12.1 Å². The third-order valence-corrected chi connectivity index (χ3v) is 7.40. The molecule has 0 spiro atoms. The molecule has 0 aliphatic heterocycles. The summed E-state index contributed by atoms with van der Waals surface area (Å²) in [6.07, 6.45) is 0.263. The Kier molecular flexibility index (Phi) is 6.89. The molecule has 4 aromatic rings. The van der Waals surface area contributed by atoms with Gasteiger partial charge in [0.05, 0.1) is 22.0 Å². The van der Waals surface area contributed by atoms with Crippen LogP contribution < -0.4 is 21.5 Å². The molecule has 0 radical (unpaired) electrons. The molecule has 2 aromatic carbocycles. The van der Waals surface area contributed by atoms with Crippen LogP contribution in [-0.2, 0) is 9.84 Å². The van der Waals surface area contributed by atoms with Gasteiger partial charge in [-0.3, -0.25) is 0 Å². The van der Waals surface area contributed by atoms with Crippen molar-refractivity contribution in [1.29, 1.82) is 0 Å². The monoisotopic (exact) mass is 522 g/mol. The summed E-state index contributed by atoms with van der Waals surface area (Å²) in [5.74, 6) is -0.0575. The Morgan fingerprint density at radius 3 is 2.19 bits per heavy atom. The highest BCUT2D eigenvalue weighted by atomic mass is 32.2. The van der Waals surface area contributed by atoms with E-state index in [-0.39, 0.29) is 22.2 Å². The molecule has 5 N–H and O–H groups in total. The highest BCUT2D eigenvalue weighted by Crippen LogP contribution is 2.32. The highest BCUT2D eigenvalue weighted by molar-refractivity contribution is 7.92. The molecular weight excluding hydrogens is 500 g/mol. The smallest absolute Gasteiger partial charge is 0.389 e. The number of nitrogens with zero attached hydrogens (tertiary/aromatic N) is 3. The second-order valence-electron chi connectivity index (χ2n) is 8.09. The predicted octanol–water partition coefficient (Wildman–Crippen LogP) is 3.60. The zero-order chi connectivity index (χ0) is 26.7. The molecule has 0 aliphatic carbocycles. The average Bonchev–Trinajstić information content (AvgIpc) is 3.34. The predicted molar refractivity (Wildman–Crippen MR) is 134 cm³/mol. The molecule has 0 fully saturated rings. The van der Waals surface area contributed by atoms with Crippen LogP contribution >= 0.6 is 0 Å². The zero-order valence-electron chi connectivity index (χ0n) is 19.7. The molecule has 2 aromatic heterocycles. The van der Waals surface area contributed by atoms with Gasteiger partial charge in [-0.15, -0.1) is 0 Å². The van der Waals surface area contributed by atoms with E-state index >= 15 is 0 Å². The summed E-state index contributed by atoms with van der Waals surface area (Å²) >= 11 is 0. The summed E-state index contributed by atoms with van der Waals surface area (Å²) in [7, 11) is -3.44. The van der Waals surface area contributed by atoms with Crippen LogP contribution in [-0.4, -0.2) is 40.9 Å². The van der Waals surface area contributed by atoms with E-state index in [9.17, 15) is 18.0 Å². The fourth-order valence-corrected chi connectivity index (χ4v) is 4.38. The summed E-state index contributed by atoms with van der Waals surface area (Å²) in [4.78, 5) is 31.3. The third kappa shape index (κ3) is 5.56. The molecule has 37 heavy (non-hydrogen) atoms. The standard InChI is InChI=1S/C24H22N6O6S/c1-13(2)37(33,34)17-9-5-15(6-10-17)19-12-27-22(35-24(26)32)21(29-19)20-11-18(30-36-20)14-3-7-16(8-4-14)28-23(25)31/h3-13H,1-2H3,(H2,26,32)(H3,25,28,31). The lowest BCUT2D eigenvalue weighted by Gasteiger charge is -2.09. The van der Waals surface area contributed by atoms with E-state index in [0.717, 1.165) is 0 Å². The average molecular weight is 523 g/mol. The van der Waals surface area contributed by atoms with Crippen LogP contribution in [0.2, 0.25) is 0 Å². The van der Waals surface area contributed by atoms with Crippen molar-refractivity contribution in [2.45, 2.75) is 24.0 Å². The molecular formula is C24H22N6O6S. The summed E-state index contributed by atoms with van der Waals surface area (Å²) < 4.78 is 35.3. The van der Waals surface area contributed by atoms with E-state index in [1.807, 2.05) is 0 Å². The maximum atomic E-state index is 12.4. The van der Waals surface area contributed by atoms with Gasteiger partial charge in [-0.2, -0.15) is 0 Å². The number of nitrogens with one attached hydrogen (secondary N) is 1. The summed E-state index contributed by atoms with van der Waals surface area (Å²) in [5.41, 5.74) is 12.9. The van der Waals surface area contributed by atoms with Crippen LogP contribution in [0.1, 0.15) is 13.8 Å². The number of carbonyl (C=O) groups is 2. The van der Waals surface area contributed by atoms with Crippen LogP contribution in [0.5, 0.6) is 5.88 Å². The molecule has 0 bridgehead atoms. The van der Waals surface area contributed by atoms with Crippen molar-refractivity contribution in [2.24, 2.45) is 11.5 Å². The van der Waals surface area contributed by atoms with E-state index in [1.54, 1.807) is 56.3 Å². The van der Waals surface area contributed by atoms with Crippen molar-refractivity contribution in [3.63, 3.8) is 0 Å². The fraction of sp³-hybridized carbons (Fsp3) is 0.125. The lowest BCUT2D eigenvalue weighted by Crippen LogP contribution is -2.19. The number of carbonyl (C=O) groups excluding carboxylic acids is 2. The summed E-state index contributed by atoms with van der Waals surface area (Å²) in [5, 5.41) is 5.94. The van der Waals surface area contributed by atoms with Gasteiger partial charge in [0.25, 0.3) is 5.88 Å². The molecule has 0 saturated carbocycles. The first kappa shape index (κ1) is 25.3. The van der Waals surface area contributed by atoms with E-state index in [1.165, 1.54) is 18.3 Å². The SMILES string of the molecule is CC(C)S(=O)(=O)c1ccc(-c2cnc(OC(N)=O)c(-c3cc(-c4ccc(NC(N)=O)cc4)no3)n2)cc1. The summed E-state index contributed by atoms with van der Waals surface area (Å²) in [6, 6.07) is 13.7. The van der Waals surface area contributed by atoms with Gasteiger partial charge in [-0.1, -0.05) is 29.4 Å². The van der Waals surface area contributed by atoms with Crippen molar-refractivity contribution < 1.29 is 27.3 Å². The zero-order valence-corrected chi connectivity index (χ0v) is 20.5. The molecule has 0 unspecified atom stereocenters. The molecule has 13 heteroatoms. The molecule has 3 amide bonds. The second-order valence-corrected chi connectivity index (χ2v) is 10.6. The Hall–Kier alpha value is -4.78. The number of primary amides is 2. The molecule has 0 atom stereocenters. The van der Waals surface area contributed by atoms with Crippen molar-refractivity contribution >= 4 is 27.6 Å². The van der Waals surface area contributed by atoms with E-state index < -0.39 is 27.2 Å². The number of urea groups is 1. The highest BCUT2D eigenvalue weighted by Gasteiger charge is 2.21. The lowest BCUT2D eigenvalue weighted by atomic mass is 10.1. The first-order valence-electron chi connectivity index (χ1n) is 10.9. The second kappa shape index (κ2) is 10.1. The number of amides is 3. The van der Waals surface area contributed by atoms with Gasteiger partial charge < -0.3 is 26.0 Å². The Labute approximate surface area is 211 Å². The van der Waals surface area contributed by atoms with Crippen molar-refractivity contribution in [2.75, 3.05) is 5.32 Å². The van der Waals surface area contributed by atoms with Crippen molar-refractivity contribution in [3.8, 4) is 39.8 Å². The Balaban J connectivity index is 1.70. The molecule has 12 nitrogen and oxygen atoms in total. The van der Waals surface area contributed by atoms with Gasteiger partial charge in [0.15, 0.2) is 21.3 Å². The first-order valence-corrected chi connectivity index (χ1v) is 12.4. The van der Waals surface area contributed by atoms with Crippen LogP contribution in [0.25, 0.3) is 34.0 Å². The minimum Gasteiger partial charge on any atom is -0.389 e. The maximum Gasteiger partial charge on any atom is 0.411 e. The van der Waals surface area contributed by atoms with Crippen molar-refractivity contribution in [1.82, 2.24) is 15.1 Å². The third-order valence-electron chi connectivity index (χ3n) is 5.23. The molecule has 0 aliphatic rings. The molecule has 190 valence electrons. The number of anilines is 1. The number of hydrogen-bond acceptors (Lipinski definition) is 9. The van der Waals surface area contributed by atoms with Crippen LogP contribution in [0.15, 0.2) is 70.2 Å². The Morgan fingerprint density at radius 2 is 1.59 bits per heavy atom. The molecule has 0 saturated heterocycles. The van der Waals surface area contributed by atoms with E-state index in [2.05, 4.69) is 20.4 Å². The van der Waals surface area contributed by atoms with Gasteiger partial charge in [0, 0.05) is 22.9 Å². The lowest BCUT2D eigenvalue weighted by molar-refractivity contribution is 0.209. The first-order chi connectivity index (χ1) is 17.5. The van der Waals surface area contributed by atoms with Gasteiger partial charge in [-0.25, -0.2) is 28.0 Å². The van der Waals surface area contributed by atoms with Gasteiger partial charge in [-0.05, 0) is 38.1 Å². The van der Waals surface area contributed by atoms with Crippen molar-refractivity contribution in [3.05, 3.63) is 60.8 Å². The quantitative estimate of drug-likeness (QED) is 0.325. The maximum absolute atomic E-state index is 12.4. The number of nitrogens with two attached hydrogens (primary N) is 2. The minimum atomic E-state index is -3.44. The number of ether oxygens (including phenoxy) is 1. The normalized spacial score (nSPS) is 11.3. The topological polar surface area (TPSA) is 193 Å².